The number of benzene rings is 7. The number of hydrogen-bond acceptors (Lipinski definition) is 3. The molecule has 0 aliphatic rings. The maximum Gasteiger partial charge on any atom is 0.160 e. The largest absolute Gasteiger partial charge is 0.309 e. The Bertz CT molecular complexity index is 2990. The number of pyridine rings is 1. The Kier molecular flexibility index (Phi) is 7.42. The van der Waals surface area contributed by atoms with Crippen LogP contribution in [0.4, 0.5) is 0 Å². The van der Waals surface area contributed by atoms with Gasteiger partial charge in [-0.15, -0.1) is 0 Å². The van der Waals surface area contributed by atoms with E-state index in [1.165, 1.54) is 21.5 Å². The summed E-state index contributed by atoms with van der Waals surface area (Å²) >= 11 is 0. The Morgan fingerprint density at radius 2 is 0.768 bits per heavy atom. The number of nitrogens with zero attached hydrogens (tertiary/aromatic N) is 5. The molecule has 0 fully saturated rings. The molecule has 0 amide bonds. The lowest BCUT2D eigenvalue weighted by Gasteiger charge is -2.16. The zero-order chi connectivity index (χ0) is 37.0. The first-order chi connectivity index (χ1) is 27.8. The smallest absolute Gasteiger partial charge is 0.160 e. The predicted molar refractivity (Wildman–Crippen MR) is 230 cm³/mol. The molecular formula is C51H33N5. The minimum atomic E-state index is 0.676. The first-order valence-electron chi connectivity index (χ1n) is 18.8. The van der Waals surface area contributed by atoms with E-state index in [4.69, 9.17) is 9.97 Å². The number of para-hydroxylation sites is 4. The molecule has 0 unspecified atom stereocenters. The van der Waals surface area contributed by atoms with Crippen molar-refractivity contribution in [2.24, 2.45) is 0 Å². The molecule has 0 aliphatic carbocycles. The average Bonchev–Trinajstić information content (AvgIpc) is 3.80. The van der Waals surface area contributed by atoms with Crippen LogP contribution in [0.15, 0.2) is 200 Å². The summed E-state index contributed by atoms with van der Waals surface area (Å²) in [6.07, 6.45) is 3.69. The van der Waals surface area contributed by atoms with Crippen LogP contribution in [0.25, 0.3) is 100 Å². The normalized spacial score (nSPS) is 11.6. The lowest BCUT2D eigenvalue weighted by molar-refractivity contribution is 1.13. The second-order valence-corrected chi connectivity index (χ2v) is 14.1. The van der Waals surface area contributed by atoms with Gasteiger partial charge in [0, 0.05) is 62.0 Å². The predicted octanol–water partition coefficient (Wildman–Crippen LogP) is 12.7. The Hall–Kier alpha value is -7.63. The highest BCUT2D eigenvalue weighted by Crippen LogP contribution is 2.38. The molecule has 0 N–H and O–H groups in total. The molecule has 0 bridgehead atoms. The first-order valence-corrected chi connectivity index (χ1v) is 18.8. The van der Waals surface area contributed by atoms with Gasteiger partial charge in [-0.05, 0) is 65.7 Å². The molecule has 4 heterocycles. The molecule has 0 saturated heterocycles. The molecule has 5 heteroatoms. The van der Waals surface area contributed by atoms with Gasteiger partial charge >= 0.3 is 0 Å². The molecular weight excluding hydrogens is 683 g/mol. The fourth-order valence-electron chi connectivity index (χ4n) is 8.23. The molecule has 0 saturated carbocycles. The van der Waals surface area contributed by atoms with Gasteiger partial charge in [0.25, 0.3) is 0 Å². The zero-order valence-corrected chi connectivity index (χ0v) is 30.3. The highest BCUT2D eigenvalue weighted by molar-refractivity contribution is 6.10. The Morgan fingerprint density at radius 3 is 1.27 bits per heavy atom. The Balaban J connectivity index is 1.19. The van der Waals surface area contributed by atoms with Crippen molar-refractivity contribution < 1.29 is 0 Å². The van der Waals surface area contributed by atoms with Gasteiger partial charge in [-0.3, -0.25) is 4.98 Å². The van der Waals surface area contributed by atoms with E-state index in [0.29, 0.717) is 5.82 Å². The Labute approximate surface area is 323 Å². The topological polar surface area (TPSA) is 48.5 Å². The van der Waals surface area contributed by atoms with E-state index in [1.807, 2.05) is 30.5 Å². The standard InChI is InChI=1S/C51H33N5/c1-2-13-36(14-3-1)51-53-45(35-26-24-34(25-27-35)37-15-12-28-52-33-37)32-46(54-51)38-29-39(55-47-20-8-4-16-41(47)42-17-5-9-21-48(42)55)31-40(30-38)56-49-22-10-6-18-43(49)44-19-7-11-23-50(44)56/h1-33H. The van der Waals surface area contributed by atoms with E-state index in [9.17, 15) is 0 Å². The molecule has 4 aromatic heterocycles. The summed E-state index contributed by atoms with van der Waals surface area (Å²) in [5.41, 5.74) is 13.6. The molecule has 0 atom stereocenters. The molecule has 56 heavy (non-hydrogen) atoms. The maximum absolute atomic E-state index is 5.32. The fraction of sp³-hybridized carbons (Fsp3) is 0. The highest BCUT2D eigenvalue weighted by Gasteiger charge is 2.19. The number of rotatable bonds is 6. The lowest BCUT2D eigenvalue weighted by atomic mass is 10.0. The quantitative estimate of drug-likeness (QED) is 0.172. The second kappa shape index (κ2) is 13.0. The molecule has 0 spiro atoms. The van der Waals surface area contributed by atoms with E-state index < -0.39 is 0 Å². The minimum Gasteiger partial charge on any atom is -0.309 e. The molecule has 0 aliphatic heterocycles. The van der Waals surface area contributed by atoms with Crippen molar-refractivity contribution >= 4 is 43.6 Å². The zero-order valence-electron chi connectivity index (χ0n) is 30.3. The van der Waals surface area contributed by atoms with E-state index in [2.05, 4.69) is 178 Å². The highest BCUT2D eigenvalue weighted by atomic mass is 15.0. The summed E-state index contributed by atoms with van der Waals surface area (Å²) in [5, 5.41) is 4.88. The number of fused-ring (bicyclic) bond motifs is 6. The maximum atomic E-state index is 5.32. The monoisotopic (exact) mass is 715 g/mol. The van der Waals surface area contributed by atoms with Crippen LogP contribution < -0.4 is 0 Å². The van der Waals surface area contributed by atoms with Gasteiger partial charge < -0.3 is 9.13 Å². The van der Waals surface area contributed by atoms with Crippen LogP contribution in [0.1, 0.15) is 0 Å². The van der Waals surface area contributed by atoms with Crippen LogP contribution in [0.2, 0.25) is 0 Å². The van der Waals surface area contributed by atoms with Crippen LogP contribution in [0.5, 0.6) is 0 Å². The molecule has 11 aromatic rings. The second-order valence-electron chi connectivity index (χ2n) is 14.1. The summed E-state index contributed by atoms with van der Waals surface area (Å²) in [6.45, 7) is 0. The fourth-order valence-corrected chi connectivity index (χ4v) is 8.23. The van der Waals surface area contributed by atoms with Crippen LogP contribution in [-0.2, 0) is 0 Å². The van der Waals surface area contributed by atoms with Crippen molar-refractivity contribution in [2.75, 3.05) is 0 Å². The van der Waals surface area contributed by atoms with Gasteiger partial charge in [0.1, 0.15) is 0 Å². The van der Waals surface area contributed by atoms with Crippen molar-refractivity contribution in [1.29, 1.82) is 0 Å². The van der Waals surface area contributed by atoms with Gasteiger partial charge in [0.15, 0.2) is 5.82 Å². The summed E-state index contributed by atoms with van der Waals surface area (Å²) < 4.78 is 4.78. The van der Waals surface area contributed by atoms with Crippen LogP contribution >= 0.6 is 0 Å². The van der Waals surface area contributed by atoms with Crippen molar-refractivity contribution in [3.8, 4) is 56.4 Å². The van der Waals surface area contributed by atoms with E-state index >= 15 is 0 Å². The molecule has 11 rings (SSSR count). The molecule has 5 nitrogen and oxygen atoms in total. The third-order valence-corrected chi connectivity index (χ3v) is 10.8. The van der Waals surface area contributed by atoms with Gasteiger partial charge in [-0.2, -0.15) is 0 Å². The molecule has 0 radical (unpaired) electrons. The third kappa shape index (κ3) is 5.29. The van der Waals surface area contributed by atoms with Crippen molar-refractivity contribution in [3.05, 3.63) is 200 Å². The molecule has 7 aromatic carbocycles. The summed E-state index contributed by atoms with van der Waals surface area (Å²) in [7, 11) is 0. The van der Waals surface area contributed by atoms with Gasteiger partial charge in [0.05, 0.1) is 33.5 Å². The van der Waals surface area contributed by atoms with Crippen molar-refractivity contribution in [2.45, 2.75) is 0 Å². The minimum absolute atomic E-state index is 0.676. The first kappa shape index (κ1) is 31.9. The lowest BCUT2D eigenvalue weighted by Crippen LogP contribution is -2.01. The SMILES string of the molecule is c1ccc(-c2nc(-c3ccc(-c4cccnc4)cc3)cc(-c3cc(-n4c5ccccc5c5ccccc54)cc(-n4c5ccccc5c5ccccc54)c3)n2)cc1. The van der Waals surface area contributed by atoms with Crippen LogP contribution in [-0.4, -0.2) is 24.1 Å². The number of hydrogen-bond donors (Lipinski definition) is 0. The van der Waals surface area contributed by atoms with Crippen LogP contribution in [0.3, 0.4) is 0 Å². The average molecular weight is 716 g/mol. The summed E-state index contributed by atoms with van der Waals surface area (Å²) in [5.74, 6) is 0.676. The summed E-state index contributed by atoms with van der Waals surface area (Å²) in [6, 6.07) is 66.6. The van der Waals surface area contributed by atoms with Gasteiger partial charge in [-0.1, -0.05) is 133 Å². The van der Waals surface area contributed by atoms with E-state index in [-0.39, 0.29) is 0 Å². The summed E-state index contributed by atoms with van der Waals surface area (Å²) in [4.78, 5) is 14.8. The molecule has 262 valence electrons. The Morgan fingerprint density at radius 1 is 0.321 bits per heavy atom. The third-order valence-electron chi connectivity index (χ3n) is 10.8. The van der Waals surface area contributed by atoms with Crippen molar-refractivity contribution in [3.63, 3.8) is 0 Å². The van der Waals surface area contributed by atoms with Crippen LogP contribution in [0, 0.1) is 0 Å². The van der Waals surface area contributed by atoms with Gasteiger partial charge in [-0.25, -0.2) is 9.97 Å². The van der Waals surface area contributed by atoms with E-state index in [0.717, 1.165) is 72.6 Å². The van der Waals surface area contributed by atoms with E-state index in [1.54, 1.807) is 6.20 Å². The van der Waals surface area contributed by atoms with Gasteiger partial charge in [0.2, 0.25) is 0 Å². The van der Waals surface area contributed by atoms with Crippen molar-refractivity contribution in [1.82, 2.24) is 24.1 Å². The number of aromatic nitrogens is 5.